The van der Waals surface area contributed by atoms with Gasteiger partial charge in [0.2, 0.25) is 0 Å². The van der Waals surface area contributed by atoms with Gasteiger partial charge in [-0.25, -0.2) is 0 Å². The molecule has 0 aliphatic heterocycles. The van der Waals surface area contributed by atoms with Gasteiger partial charge in [0.1, 0.15) is 5.75 Å². The fourth-order valence-corrected chi connectivity index (χ4v) is 3.35. The first kappa shape index (κ1) is 18.7. The van der Waals surface area contributed by atoms with Crippen molar-refractivity contribution in [2.75, 3.05) is 13.7 Å². The van der Waals surface area contributed by atoms with Gasteiger partial charge in [-0.2, -0.15) is 0 Å². The number of hydrogen-bond acceptors (Lipinski definition) is 4. The van der Waals surface area contributed by atoms with Crippen LogP contribution in [0.5, 0.6) is 5.75 Å². The summed E-state index contributed by atoms with van der Waals surface area (Å²) in [5.74, 6) is 0.652. The topological polar surface area (TPSA) is 53.3 Å². The van der Waals surface area contributed by atoms with Gasteiger partial charge >= 0.3 is 0 Å². The van der Waals surface area contributed by atoms with Gasteiger partial charge < -0.3 is 13.7 Å². The smallest absolute Gasteiger partial charge is 0.251 e. The molecule has 2 aromatic heterocycles. The summed E-state index contributed by atoms with van der Waals surface area (Å²) < 4.78 is 13.2. The van der Waals surface area contributed by atoms with E-state index in [1.54, 1.807) is 30.0 Å². The molecule has 0 aliphatic rings. The molecule has 0 radical (unpaired) electrons. The number of ether oxygens (including phenoxy) is 1. The molecule has 0 fully saturated rings. The van der Waals surface area contributed by atoms with Crippen LogP contribution in [0.25, 0.3) is 11.0 Å². The second kappa shape index (κ2) is 7.07. The van der Waals surface area contributed by atoms with E-state index < -0.39 is 8.32 Å². The molecule has 0 saturated carbocycles. The van der Waals surface area contributed by atoms with Gasteiger partial charge in [0.05, 0.1) is 24.3 Å². The van der Waals surface area contributed by atoms with Crippen molar-refractivity contribution in [3.8, 4) is 5.75 Å². The van der Waals surface area contributed by atoms with Crippen LogP contribution in [0, 0.1) is 0 Å². The van der Waals surface area contributed by atoms with E-state index in [1.165, 1.54) is 0 Å². The summed E-state index contributed by atoms with van der Waals surface area (Å²) in [7, 11) is -0.146. The second-order valence-corrected chi connectivity index (χ2v) is 12.4. The third-order valence-corrected chi connectivity index (χ3v) is 9.38. The summed E-state index contributed by atoms with van der Waals surface area (Å²) in [6.45, 7) is 12.4. The van der Waals surface area contributed by atoms with E-state index in [-0.39, 0.29) is 10.6 Å². The molecule has 0 atom stereocenters. The summed E-state index contributed by atoms with van der Waals surface area (Å²) >= 11 is 0. The molecular weight excluding hydrogens is 320 g/mol. The zero-order chi connectivity index (χ0) is 18.0. The normalized spacial score (nSPS) is 12.6. The first-order chi connectivity index (χ1) is 11.2. The maximum Gasteiger partial charge on any atom is 0.251 e. The minimum atomic E-state index is -1.74. The van der Waals surface area contributed by atoms with Crippen molar-refractivity contribution < 1.29 is 9.16 Å². The van der Waals surface area contributed by atoms with Crippen molar-refractivity contribution in [3.63, 3.8) is 0 Å². The third-order valence-electron chi connectivity index (χ3n) is 4.84. The highest BCUT2D eigenvalue weighted by Crippen LogP contribution is 2.36. The first-order valence-electron chi connectivity index (χ1n) is 8.33. The molecule has 2 rings (SSSR count). The standard InChI is InChI=1S/C18H28N2O3Si/c1-18(2,3)24(5,6)23-11-7-10-20-16-12-14(22-4)13-19-15(16)8-9-17(20)21/h8-9,12-13H,7,10-11H2,1-6H3. The molecule has 0 N–H and O–H groups in total. The second-order valence-electron chi connectivity index (χ2n) is 7.57. The third kappa shape index (κ3) is 4.05. The Kier molecular flexibility index (Phi) is 5.50. The van der Waals surface area contributed by atoms with Gasteiger partial charge in [0, 0.05) is 25.3 Å². The Labute approximate surface area is 144 Å². The minimum Gasteiger partial charge on any atom is -0.495 e. The highest BCUT2D eigenvalue weighted by Gasteiger charge is 2.36. The van der Waals surface area contributed by atoms with Gasteiger partial charge in [-0.3, -0.25) is 9.78 Å². The molecule has 0 aromatic carbocycles. The average molecular weight is 349 g/mol. The van der Waals surface area contributed by atoms with Gasteiger partial charge in [0.15, 0.2) is 8.32 Å². The Morgan fingerprint density at radius 1 is 1.25 bits per heavy atom. The zero-order valence-electron chi connectivity index (χ0n) is 15.5. The van der Waals surface area contributed by atoms with Gasteiger partial charge in [-0.05, 0) is 30.6 Å². The van der Waals surface area contributed by atoms with Crippen LogP contribution in [0.15, 0.2) is 29.2 Å². The molecule has 0 amide bonds. The van der Waals surface area contributed by atoms with Gasteiger partial charge in [-0.15, -0.1) is 0 Å². The van der Waals surface area contributed by atoms with Crippen LogP contribution in [-0.2, 0) is 11.0 Å². The Balaban J connectivity index is 2.13. The fourth-order valence-electron chi connectivity index (χ4n) is 2.26. The molecule has 0 bridgehead atoms. The average Bonchev–Trinajstić information content (AvgIpc) is 2.51. The van der Waals surface area contributed by atoms with Crippen molar-refractivity contribution >= 4 is 19.4 Å². The lowest BCUT2D eigenvalue weighted by Gasteiger charge is -2.36. The number of rotatable bonds is 6. The van der Waals surface area contributed by atoms with E-state index in [9.17, 15) is 4.79 Å². The van der Waals surface area contributed by atoms with Crippen molar-refractivity contribution in [2.45, 2.75) is 51.9 Å². The monoisotopic (exact) mass is 348 g/mol. The molecule has 0 spiro atoms. The number of aryl methyl sites for hydroxylation is 1. The lowest BCUT2D eigenvalue weighted by molar-refractivity contribution is 0.275. The molecule has 132 valence electrons. The van der Waals surface area contributed by atoms with Crippen LogP contribution in [0.3, 0.4) is 0 Å². The Bertz CT molecular complexity index is 763. The zero-order valence-corrected chi connectivity index (χ0v) is 16.5. The summed E-state index contributed by atoms with van der Waals surface area (Å²) in [6.07, 6.45) is 2.46. The molecule has 0 unspecified atom stereocenters. The molecule has 0 aliphatic carbocycles. The number of hydrogen-bond donors (Lipinski definition) is 0. The van der Waals surface area contributed by atoms with Crippen LogP contribution >= 0.6 is 0 Å². The lowest BCUT2D eigenvalue weighted by Crippen LogP contribution is -2.41. The molecule has 24 heavy (non-hydrogen) atoms. The Hall–Kier alpha value is -1.66. The van der Waals surface area contributed by atoms with Crippen molar-refractivity contribution in [2.24, 2.45) is 0 Å². The van der Waals surface area contributed by atoms with E-state index >= 15 is 0 Å². The highest BCUT2D eigenvalue weighted by molar-refractivity contribution is 6.74. The van der Waals surface area contributed by atoms with Gasteiger partial charge in [0.25, 0.3) is 5.56 Å². The summed E-state index contributed by atoms with van der Waals surface area (Å²) in [5, 5.41) is 0.195. The van der Waals surface area contributed by atoms with E-state index in [0.717, 1.165) is 17.5 Å². The summed E-state index contributed by atoms with van der Waals surface area (Å²) in [5.41, 5.74) is 1.57. The number of nitrogens with zero attached hydrogens (tertiary/aromatic N) is 2. The highest BCUT2D eigenvalue weighted by atomic mass is 28.4. The fraction of sp³-hybridized carbons (Fsp3) is 0.556. The van der Waals surface area contributed by atoms with Crippen LogP contribution in [-0.4, -0.2) is 31.6 Å². The molecular formula is C18H28N2O3Si. The number of aromatic nitrogens is 2. The minimum absolute atomic E-state index is 0.0233. The maximum absolute atomic E-state index is 12.2. The van der Waals surface area contributed by atoms with Gasteiger partial charge in [-0.1, -0.05) is 20.8 Å². The summed E-state index contributed by atoms with van der Waals surface area (Å²) in [4.78, 5) is 16.6. The molecule has 2 aromatic rings. The van der Waals surface area contributed by atoms with Crippen molar-refractivity contribution in [3.05, 3.63) is 34.7 Å². The van der Waals surface area contributed by atoms with Crippen LogP contribution < -0.4 is 10.3 Å². The Morgan fingerprint density at radius 2 is 1.96 bits per heavy atom. The summed E-state index contributed by atoms with van der Waals surface area (Å²) in [6, 6.07) is 5.18. The predicted molar refractivity (Wildman–Crippen MR) is 100 cm³/mol. The first-order valence-corrected chi connectivity index (χ1v) is 11.2. The van der Waals surface area contributed by atoms with E-state index in [2.05, 4.69) is 38.8 Å². The lowest BCUT2D eigenvalue weighted by atomic mass is 10.2. The van der Waals surface area contributed by atoms with E-state index in [0.29, 0.717) is 18.9 Å². The molecule has 6 heteroatoms. The van der Waals surface area contributed by atoms with Crippen molar-refractivity contribution in [1.29, 1.82) is 0 Å². The predicted octanol–water partition coefficient (Wildman–Crippen LogP) is 3.82. The maximum atomic E-state index is 12.2. The van der Waals surface area contributed by atoms with Crippen molar-refractivity contribution in [1.82, 2.24) is 9.55 Å². The van der Waals surface area contributed by atoms with E-state index in [1.807, 2.05) is 6.07 Å². The largest absolute Gasteiger partial charge is 0.495 e. The quantitative estimate of drug-likeness (QED) is 0.588. The Morgan fingerprint density at radius 3 is 2.58 bits per heavy atom. The molecule has 2 heterocycles. The van der Waals surface area contributed by atoms with Crippen LogP contribution in [0.2, 0.25) is 18.1 Å². The van der Waals surface area contributed by atoms with Crippen LogP contribution in [0.4, 0.5) is 0 Å². The molecule has 0 saturated heterocycles. The molecule has 5 nitrogen and oxygen atoms in total. The number of methoxy groups -OCH3 is 1. The van der Waals surface area contributed by atoms with Crippen LogP contribution in [0.1, 0.15) is 27.2 Å². The number of pyridine rings is 2. The SMILES string of the molecule is COc1cnc2ccc(=O)n(CCCO[Si](C)(C)C(C)(C)C)c2c1. The van der Waals surface area contributed by atoms with E-state index in [4.69, 9.17) is 9.16 Å². The number of fused-ring (bicyclic) bond motifs is 1.